The number of aromatic nitrogens is 1. The Hall–Kier alpha value is -2.63. The minimum absolute atomic E-state index is 0.154. The third kappa shape index (κ3) is 4.45. The molecule has 0 radical (unpaired) electrons. The second-order valence-electron chi connectivity index (χ2n) is 4.07. The van der Waals surface area contributed by atoms with E-state index in [-0.39, 0.29) is 5.75 Å². The first-order chi connectivity index (χ1) is 9.95. The largest absolute Gasteiger partial charge is 0.491 e. The molecule has 0 saturated carbocycles. The molecule has 0 aliphatic carbocycles. The number of hydrogen-bond donors (Lipinski definition) is 0. The van der Waals surface area contributed by atoms with Gasteiger partial charge in [-0.1, -0.05) is 24.3 Å². The second kappa shape index (κ2) is 6.21. The molecule has 6 heteroatoms. The smallest absolute Gasteiger partial charge is 0.420 e. The van der Waals surface area contributed by atoms with Gasteiger partial charge in [-0.15, -0.1) is 0 Å². The number of carbonyl (C=O) groups is 1. The minimum atomic E-state index is -5.00. The highest BCUT2D eigenvalue weighted by molar-refractivity contribution is 5.78. The van der Waals surface area contributed by atoms with Gasteiger partial charge in [0.25, 0.3) is 0 Å². The Balaban J connectivity index is 2.03. The van der Waals surface area contributed by atoms with E-state index in [1.54, 1.807) is 30.6 Å². The third-order valence-electron chi connectivity index (χ3n) is 2.50. The van der Waals surface area contributed by atoms with Gasteiger partial charge >= 0.3 is 12.1 Å². The van der Waals surface area contributed by atoms with E-state index < -0.39 is 12.1 Å². The number of halogens is 3. The summed E-state index contributed by atoms with van der Waals surface area (Å²) in [7, 11) is 0. The molecule has 0 aliphatic heterocycles. The zero-order chi connectivity index (χ0) is 15.3. The molecule has 2 rings (SSSR count). The van der Waals surface area contributed by atoms with Gasteiger partial charge in [0.2, 0.25) is 0 Å². The highest BCUT2D eigenvalue weighted by atomic mass is 19.4. The molecule has 0 amide bonds. The van der Waals surface area contributed by atoms with Gasteiger partial charge in [0, 0.05) is 12.4 Å². The van der Waals surface area contributed by atoms with Crippen molar-refractivity contribution in [2.45, 2.75) is 6.18 Å². The molecule has 2 aromatic rings. The van der Waals surface area contributed by atoms with Gasteiger partial charge in [-0.25, -0.2) is 4.79 Å². The van der Waals surface area contributed by atoms with E-state index in [4.69, 9.17) is 0 Å². The molecular weight excluding hydrogens is 283 g/mol. The SMILES string of the molecule is O=C(Oc1ccc(/C=C/c2ccncc2)cc1)C(F)(F)F. The quantitative estimate of drug-likeness (QED) is 0.639. The van der Waals surface area contributed by atoms with Crippen LogP contribution in [-0.2, 0) is 4.79 Å². The Bertz CT molecular complexity index is 634. The molecule has 0 spiro atoms. The van der Waals surface area contributed by atoms with Crippen molar-refractivity contribution in [1.82, 2.24) is 4.98 Å². The summed E-state index contributed by atoms with van der Waals surface area (Å²) in [6.07, 6.45) is 1.92. The van der Waals surface area contributed by atoms with Gasteiger partial charge in [-0.3, -0.25) is 4.98 Å². The van der Waals surface area contributed by atoms with Crippen LogP contribution in [0.2, 0.25) is 0 Å². The molecule has 3 nitrogen and oxygen atoms in total. The van der Waals surface area contributed by atoms with E-state index in [0.717, 1.165) is 11.1 Å². The van der Waals surface area contributed by atoms with Gasteiger partial charge < -0.3 is 4.74 Å². The fourth-order valence-corrected chi connectivity index (χ4v) is 1.48. The molecule has 108 valence electrons. The average Bonchev–Trinajstić information content (AvgIpc) is 2.46. The maximum absolute atomic E-state index is 12.0. The second-order valence-corrected chi connectivity index (χ2v) is 4.07. The van der Waals surface area contributed by atoms with E-state index in [2.05, 4.69) is 9.72 Å². The van der Waals surface area contributed by atoms with Crippen molar-refractivity contribution in [2.75, 3.05) is 0 Å². The van der Waals surface area contributed by atoms with Gasteiger partial charge in [0.15, 0.2) is 0 Å². The molecular formula is C15H10F3NO2. The lowest BCUT2D eigenvalue weighted by Crippen LogP contribution is -2.27. The van der Waals surface area contributed by atoms with E-state index in [0.29, 0.717) is 0 Å². The Morgan fingerprint density at radius 2 is 1.48 bits per heavy atom. The standard InChI is InChI=1S/C15H10F3NO2/c16-15(17,18)14(20)21-13-5-3-11(4-6-13)1-2-12-7-9-19-10-8-12/h1-10H/b2-1+. The number of esters is 1. The molecule has 21 heavy (non-hydrogen) atoms. The van der Waals surface area contributed by atoms with Crippen molar-refractivity contribution in [3.8, 4) is 5.75 Å². The molecule has 1 heterocycles. The summed E-state index contributed by atoms with van der Waals surface area (Å²) in [5.74, 6) is -2.39. The molecule has 0 atom stereocenters. The normalized spacial score (nSPS) is 11.6. The molecule has 1 aromatic heterocycles. The predicted octanol–water partition coefficient (Wildman–Crippen LogP) is 3.72. The van der Waals surface area contributed by atoms with E-state index in [1.807, 2.05) is 18.2 Å². The van der Waals surface area contributed by atoms with Crippen molar-refractivity contribution in [3.63, 3.8) is 0 Å². The number of rotatable bonds is 3. The maximum Gasteiger partial charge on any atom is 0.491 e. The van der Waals surface area contributed by atoms with Crippen molar-refractivity contribution in [3.05, 3.63) is 59.9 Å². The van der Waals surface area contributed by atoms with Crippen molar-refractivity contribution in [2.24, 2.45) is 0 Å². The molecule has 0 fully saturated rings. The molecule has 0 unspecified atom stereocenters. The Morgan fingerprint density at radius 1 is 0.952 bits per heavy atom. The lowest BCUT2D eigenvalue weighted by atomic mass is 10.1. The van der Waals surface area contributed by atoms with Crippen LogP contribution in [0.1, 0.15) is 11.1 Å². The number of ether oxygens (including phenoxy) is 1. The summed E-state index contributed by atoms with van der Waals surface area (Å²) in [6, 6.07) is 9.34. The van der Waals surface area contributed by atoms with Crippen LogP contribution >= 0.6 is 0 Å². The summed E-state index contributed by atoms with van der Waals surface area (Å²) < 4.78 is 40.3. The summed E-state index contributed by atoms with van der Waals surface area (Å²) in [4.78, 5) is 14.5. The Kier molecular flexibility index (Phi) is 4.37. The first-order valence-electron chi connectivity index (χ1n) is 5.92. The lowest BCUT2D eigenvalue weighted by Gasteiger charge is -2.06. The number of pyridine rings is 1. The van der Waals surface area contributed by atoms with Gasteiger partial charge in [0.1, 0.15) is 5.75 Å². The van der Waals surface area contributed by atoms with E-state index in [9.17, 15) is 18.0 Å². The monoisotopic (exact) mass is 293 g/mol. The summed E-state index contributed by atoms with van der Waals surface area (Å²) in [5.41, 5.74) is 1.70. The summed E-state index contributed by atoms with van der Waals surface area (Å²) in [5, 5.41) is 0. The highest BCUT2D eigenvalue weighted by Gasteiger charge is 2.41. The van der Waals surface area contributed by atoms with Crippen molar-refractivity contribution in [1.29, 1.82) is 0 Å². The lowest BCUT2D eigenvalue weighted by molar-refractivity contribution is -0.189. The Labute approximate surface area is 118 Å². The minimum Gasteiger partial charge on any atom is -0.420 e. The van der Waals surface area contributed by atoms with Crippen LogP contribution in [0.4, 0.5) is 13.2 Å². The topological polar surface area (TPSA) is 39.2 Å². The summed E-state index contributed by atoms with van der Waals surface area (Å²) in [6.45, 7) is 0. The highest BCUT2D eigenvalue weighted by Crippen LogP contribution is 2.20. The average molecular weight is 293 g/mol. The maximum atomic E-state index is 12.0. The van der Waals surface area contributed by atoms with Gasteiger partial charge in [-0.2, -0.15) is 13.2 Å². The van der Waals surface area contributed by atoms with Crippen LogP contribution in [0.15, 0.2) is 48.8 Å². The zero-order valence-electron chi connectivity index (χ0n) is 10.7. The van der Waals surface area contributed by atoms with Crippen LogP contribution in [0.25, 0.3) is 12.2 Å². The van der Waals surface area contributed by atoms with Crippen molar-refractivity contribution >= 4 is 18.1 Å². The Morgan fingerprint density at radius 3 is 2.00 bits per heavy atom. The fraction of sp³-hybridized carbons (Fsp3) is 0.0667. The van der Waals surface area contributed by atoms with Crippen LogP contribution in [0, 0.1) is 0 Å². The fourth-order valence-electron chi connectivity index (χ4n) is 1.48. The zero-order valence-corrected chi connectivity index (χ0v) is 10.7. The summed E-state index contributed by atoms with van der Waals surface area (Å²) >= 11 is 0. The number of nitrogens with zero attached hydrogens (tertiary/aromatic N) is 1. The molecule has 0 aliphatic rings. The first kappa shape index (κ1) is 14.8. The van der Waals surface area contributed by atoms with Crippen LogP contribution in [0.5, 0.6) is 5.75 Å². The first-order valence-corrected chi connectivity index (χ1v) is 5.92. The number of carbonyl (C=O) groups excluding carboxylic acids is 1. The van der Waals surface area contributed by atoms with Gasteiger partial charge in [-0.05, 0) is 35.4 Å². The van der Waals surface area contributed by atoms with Gasteiger partial charge in [0.05, 0.1) is 0 Å². The van der Waals surface area contributed by atoms with Crippen molar-refractivity contribution < 1.29 is 22.7 Å². The van der Waals surface area contributed by atoms with E-state index in [1.165, 1.54) is 12.1 Å². The molecule has 0 saturated heterocycles. The van der Waals surface area contributed by atoms with Crippen LogP contribution in [-0.4, -0.2) is 17.1 Å². The van der Waals surface area contributed by atoms with Crippen LogP contribution in [0.3, 0.4) is 0 Å². The third-order valence-corrected chi connectivity index (χ3v) is 2.50. The molecule has 0 N–H and O–H groups in total. The number of benzene rings is 1. The molecule has 1 aromatic carbocycles. The number of alkyl halides is 3. The van der Waals surface area contributed by atoms with E-state index >= 15 is 0 Å². The van der Waals surface area contributed by atoms with Crippen LogP contribution < -0.4 is 4.74 Å². The number of hydrogen-bond acceptors (Lipinski definition) is 3. The molecule has 0 bridgehead atoms. The predicted molar refractivity (Wildman–Crippen MR) is 71.3 cm³/mol.